The summed E-state index contributed by atoms with van der Waals surface area (Å²) in [6.45, 7) is 0.538. The summed E-state index contributed by atoms with van der Waals surface area (Å²) in [6.07, 6.45) is 3.99. The molecule has 0 fully saturated rings. The van der Waals surface area contributed by atoms with E-state index in [1.54, 1.807) is 13.3 Å². The summed E-state index contributed by atoms with van der Waals surface area (Å²) in [5.41, 5.74) is 2.02. The van der Waals surface area contributed by atoms with E-state index in [-0.39, 0.29) is 0 Å². The van der Waals surface area contributed by atoms with Crippen LogP contribution in [0.4, 0.5) is 0 Å². The summed E-state index contributed by atoms with van der Waals surface area (Å²) >= 11 is 5.08. The maximum atomic E-state index is 5.99. The van der Waals surface area contributed by atoms with Crippen LogP contribution < -0.4 is 9.47 Å². The van der Waals surface area contributed by atoms with Crippen LogP contribution in [-0.4, -0.2) is 34.8 Å². The van der Waals surface area contributed by atoms with Gasteiger partial charge >= 0.3 is 0 Å². The van der Waals surface area contributed by atoms with E-state index in [4.69, 9.17) is 21.7 Å². The molecule has 0 saturated carbocycles. The lowest BCUT2D eigenvalue weighted by Crippen LogP contribution is -2.05. The third-order valence-corrected chi connectivity index (χ3v) is 3.84. The Morgan fingerprint density at radius 2 is 2.04 bits per heavy atom. The number of benzene rings is 2. The van der Waals surface area contributed by atoms with E-state index in [1.165, 1.54) is 16.6 Å². The molecule has 0 bridgehead atoms. The molecule has 128 valence electrons. The average Bonchev–Trinajstić information content (AvgIpc) is 3.06. The van der Waals surface area contributed by atoms with Crippen molar-refractivity contribution in [3.8, 4) is 11.5 Å². The Labute approximate surface area is 150 Å². The van der Waals surface area contributed by atoms with Crippen molar-refractivity contribution in [2.45, 2.75) is 6.42 Å². The lowest BCUT2D eigenvalue weighted by molar-refractivity contribution is 0.297. The Morgan fingerprint density at radius 3 is 2.76 bits per heavy atom. The first-order valence-corrected chi connectivity index (χ1v) is 8.19. The van der Waals surface area contributed by atoms with Gasteiger partial charge in [-0.3, -0.25) is 5.10 Å². The van der Waals surface area contributed by atoms with Crippen LogP contribution >= 0.6 is 12.2 Å². The van der Waals surface area contributed by atoms with Crippen molar-refractivity contribution in [1.29, 1.82) is 0 Å². The molecule has 0 aliphatic heterocycles. The van der Waals surface area contributed by atoms with Crippen LogP contribution in [0.5, 0.6) is 11.5 Å². The van der Waals surface area contributed by atoms with Gasteiger partial charge in [0.05, 0.1) is 19.9 Å². The number of H-pyrrole nitrogens is 1. The minimum absolute atomic E-state index is 0.422. The quantitative estimate of drug-likeness (QED) is 0.521. The second-order valence-corrected chi connectivity index (χ2v) is 5.60. The molecule has 7 heteroatoms. The molecule has 25 heavy (non-hydrogen) atoms. The number of ether oxygens (including phenoxy) is 2. The fourth-order valence-corrected chi connectivity index (χ4v) is 2.46. The molecule has 0 radical (unpaired) electrons. The van der Waals surface area contributed by atoms with Gasteiger partial charge in [0, 0.05) is 12.0 Å². The van der Waals surface area contributed by atoms with Gasteiger partial charge in [-0.15, -0.1) is 0 Å². The van der Waals surface area contributed by atoms with Gasteiger partial charge in [-0.2, -0.15) is 14.9 Å². The van der Waals surface area contributed by atoms with Crippen molar-refractivity contribution >= 4 is 18.4 Å². The highest BCUT2D eigenvalue weighted by Gasteiger charge is 2.09. The van der Waals surface area contributed by atoms with E-state index >= 15 is 0 Å². The number of aromatic nitrogens is 3. The van der Waals surface area contributed by atoms with E-state index in [0.29, 0.717) is 22.9 Å². The first-order chi connectivity index (χ1) is 12.3. The number of aromatic amines is 1. The SMILES string of the molecule is COc1cccc(/C=N/n2cn[nH]c2=S)c1OCCc1ccccc1. The summed E-state index contributed by atoms with van der Waals surface area (Å²) in [5, 5.41) is 10.8. The molecule has 0 saturated heterocycles. The minimum Gasteiger partial charge on any atom is -0.493 e. The van der Waals surface area contributed by atoms with Gasteiger partial charge in [0.15, 0.2) is 11.5 Å². The second kappa shape index (κ2) is 8.25. The zero-order chi connectivity index (χ0) is 17.5. The number of rotatable bonds is 7. The van der Waals surface area contributed by atoms with Crippen LogP contribution in [0.15, 0.2) is 60.0 Å². The summed E-state index contributed by atoms with van der Waals surface area (Å²) < 4.78 is 13.3. The number of nitrogens with zero attached hydrogens (tertiary/aromatic N) is 3. The maximum absolute atomic E-state index is 5.99. The van der Waals surface area contributed by atoms with Crippen LogP contribution in [-0.2, 0) is 6.42 Å². The molecular formula is C18H18N4O2S. The van der Waals surface area contributed by atoms with E-state index < -0.39 is 0 Å². The zero-order valence-electron chi connectivity index (χ0n) is 13.8. The van der Waals surface area contributed by atoms with E-state index in [9.17, 15) is 0 Å². The highest BCUT2D eigenvalue weighted by molar-refractivity contribution is 7.71. The molecule has 0 amide bonds. The lowest BCUT2D eigenvalue weighted by atomic mass is 10.1. The zero-order valence-corrected chi connectivity index (χ0v) is 14.6. The number of para-hydroxylation sites is 1. The van der Waals surface area contributed by atoms with Crippen molar-refractivity contribution in [3.05, 3.63) is 70.8 Å². The van der Waals surface area contributed by atoms with Crippen molar-refractivity contribution < 1.29 is 9.47 Å². The molecule has 0 unspecified atom stereocenters. The number of nitrogens with one attached hydrogen (secondary N) is 1. The summed E-state index contributed by atoms with van der Waals surface area (Å²) in [7, 11) is 1.62. The molecular weight excluding hydrogens is 336 g/mol. The van der Waals surface area contributed by atoms with Crippen LogP contribution in [0, 0.1) is 4.77 Å². The largest absolute Gasteiger partial charge is 0.493 e. The van der Waals surface area contributed by atoms with E-state index in [1.807, 2.05) is 36.4 Å². The molecule has 1 heterocycles. The Morgan fingerprint density at radius 1 is 1.20 bits per heavy atom. The predicted octanol–water partition coefficient (Wildman–Crippen LogP) is 3.45. The molecule has 1 aromatic heterocycles. The van der Waals surface area contributed by atoms with Gasteiger partial charge in [-0.25, -0.2) is 0 Å². The van der Waals surface area contributed by atoms with E-state index in [2.05, 4.69) is 27.4 Å². The predicted molar refractivity (Wildman–Crippen MR) is 99.0 cm³/mol. The van der Waals surface area contributed by atoms with Gasteiger partial charge in [0.1, 0.15) is 6.33 Å². The number of hydrogen-bond acceptors (Lipinski definition) is 5. The van der Waals surface area contributed by atoms with Crippen LogP contribution in [0.25, 0.3) is 0 Å². The standard InChI is InChI=1S/C18H18N4O2S/c1-23-16-9-5-8-15(12-20-22-13-19-21-18(22)25)17(16)24-11-10-14-6-3-2-4-7-14/h2-9,12-13H,10-11H2,1H3,(H,21,25)/b20-12+. The lowest BCUT2D eigenvalue weighted by Gasteiger charge is -2.13. The molecule has 1 N–H and O–H groups in total. The van der Waals surface area contributed by atoms with Gasteiger partial charge in [0.25, 0.3) is 0 Å². The normalized spacial score (nSPS) is 10.9. The minimum atomic E-state index is 0.422. The number of hydrogen-bond donors (Lipinski definition) is 1. The summed E-state index contributed by atoms with van der Waals surface area (Å²) in [5.74, 6) is 1.31. The summed E-state index contributed by atoms with van der Waals surface area (Å²) in [4.78, 5) is 0. The van der Waals surface area contributed by atoms with Crippen molar-refractivity contribution in [2.75, 3.05) is 13.7 Å². The van der Waals surface area contributed by atoms with Gasteiger partial charge in [-0.1, -0.05) is 36.4 Å². The van der Waals surface area contributed by atoms with Crippen LogP contribution in [0.2, 0.25) is 0 Å². The molecule has 0 aliphatic carbocycles. The fraction of sp³-hybridized carbons (Fsp3) is 0.167. The molecule has 0 spiro atoms. The first kappa shape index (κ1) is 16.9. The Hall–Kier alpha value is -2.93. The topological polar surface area (TPSA) is 64.4 Å². The smallest absolute Gasteiger partial charge is 0.216 e. The van der Waals surface area contributed by atoms with Crippen LogP contribution in [0.3, 0.4) is 0 Å². The molecule has 6 nitrogen and oxygen atoms in total. The van der Waals surface area contributed by atoms with Gasteiger partial charge in [0.2, 0.25) is 4.77 Å². The molecule has 0 atom stereocenters. The first-order valence-electron chi connectivity index (χ1n) is 7.78. The average molecular weight is 354 g/mol. The van der Waals surface area contributed by atoms with Crippen molar-refractivity contribution in [1.82, 2.24) is 14.9 Å². The van der Waals surface area contributed by atoms with Crippen molar-refractivity contribution in [2.24, 2.45) is 5.10 Å². The number of methoxy groups -OCH3 is 1. The van der Waals surface area contributed by atoms with Gasteiger partial charge < -0.3 is 9.47 Å². The molecule has 2 aromatic carbocycles. The van der Waals surface area contributed by atoms with Gasteiger partial charge in [-0.05, 0) is 29.9 Å². The summed E-state index contributed by atoms with van der Waals surface area (Å²) in [6, 6.07) is 15.9. The highest BCUT2D eigenvalue weighted by atomic mass is 32.1. The molecule has 3 aromatic rings. The second-order valence-electron chi connectivity index (χ2n) is 5.21. The monoisotopic (exact) mass is 354 g/mol. The Kier molecular flexibility index (Phi) is 5.58. The van der Waals surface area contributed by atoms with Crippen LogP contribution in [0.1, 0.15) is 11.1 Å². The third-order valence-electron chi connectivity index (χ3n) is 3.57. The van der Waals surface area contributed by atoms with E-state index in [0.717, 1.165) is 12.0 Å². The Bertz CT molecular complexity index is 903. The molecule has 3 rings (SSSR count). The fourth-order valence-electron chi connectivity index (χ4n) is 2.31. The third kappa shape index (κ3) is 4.33. The molecule has 0 aliphatic rings. The Balaban J connectivity index is 1.78. The highest BCUT2D eigenvalue weighted by Crippen LogP contribution is 2.30. The maximum Gasteiger partial charge on any atom is 0.216 e. The van der Waals surface area contributed by atoms with Crippen molar-refractivity contribution in [3.63, 3.8) is 0 Å².